The number of nitrogens with one attached hydrogen (secondary N) is 1. The zero-order valence-electron chi connectivity index (χ0n) is 14.0. The fourth-order valence-corrected chi connectivity index (χ4v) is 3.89. The van der Waals surface area contributed by atoms with Crippen LogP contribution in [0.3, 0.4) is 0 Å². The fourth-order valence-electron chi connectivity index (χ4n) is 3.63. The van der Waals surface area contributed by atoms with Gasteiger partial charge in [-0.05, 0) is 24.3 Å². The number of benzene rings is 2. The Kier molecular flexibility index (Phi) is 4.70. The van der Waals surface area contributed by atoms with Gasteiger partial charge in [-0.2, -0.15) is 0 Å². The highest BCUT2D eigenvalue weighted by molar-refractivity contribution is 6.30. The number of fused-ring (bicyclic) bond motifs is 1. The van der Waals surface area contributed by atoms with Gasteiger partial charge in [-0.15, -0.1) is 0 Å². The third kappa shape index (κ3) is 3.54. The average molecular weight is 362 g/mol. The molecule has 0 bridgehead atoms. The second kappa shape index (κ2) is 7.12. The summed E-state index contributed by atoms with van der Waals surface area (Å²) >= 11 is 6.26. The van der Waals surface area contributed by atoms with E-state index in [2.05, 4.69) is 4.90 Å². The number of rotatable bonds is 3. The van der Waals surface area contributed by atoms with Crippen LogP contribution in [0.15, 0.2) is 36.4 Å². The predicted molar refractivity (Wildman–Crippen MR) is 96.5 cm³/mol. The van der Waals surface area contributed by atoms with Gasteiger partial charge in [0.2, 0.25) is 0 Å². The van der Waals surface area contributed by atoms with Crippen molar-refractivity contribution in [1.82, 2.24) is 0 Å². The Hall–Kier alpha value is -1.95. The minimum atomic E-state index is 0.304. The smallest absolute Gasteiger partial charge is 0.189 e. The third-order valence-electron chi connectivity index (χ3n) is 4.89. The van der Waals surface area contributed by atoms with Gasteiger partial charge in [0.15, 0.2) is 6.79 Å². The molecule has 0 aliphatic carbocycles. The van der Waals surface area contributed by atoms with E-state index in [1.54, 1.807) is 6.07 Å². The average Bonchev–Trinajstić information content (AvgIpc) is 2.63. The molecule has 5 nitrogen and oxygen atoms in total. The molecule has 1 fully saturated rings. The molecule has 4 rings (SSSR count). The van der Waals surface area contributed by atoms with E-state index in [9.17, 15) is 5.11 Å². The molecule has 2 aromatic carbocycles. The monoisotopic (exact) mass is 361 g/mol. The molecule has 25 heavy (non-hydrogen) atoms. The van der Waals surface area contributed by atoms with E-state index in [4.69, 9.17) is 21.1 Å². The maximum atomic E-state index is 10.0. The van der Waals surface area contributed by atoms with Gasteiger partial charge in [-0.1, -0.05) is 23.7 Å². The molecule has 2 heterocycles. The highest BCUT2D eigenvalue weighted by atomic mass is 35.5. The number of para-hydroxylation sites is 2. The van der Waals surface area contributed by atoms with Crippen molar-refractivity contribution in [1.29, 1.82) is 0 Å². The van der Waals surface area contributed by atoms with E-state index in [-0.39, 0.29) is 0 Å². The first-order valence-electron chi connectivity index (χ1n) is 8.59. The standard InChI is InChI=1S/C19H21ClN2O3/c20-16-9-14(19-15(10-16)12-24-13-25-19)11-21-5-7-22(8-6-21)17-3-1-2-4-18(17)23/h1-4,9-10,23H,5-8,11-13H2/p+1. The van der Waals surface area contributed by atoms with Crippen molar-refractivity contribution in [3.8, 4) is 11.5 Å². The van der Waals surface area contributed by atoms with Crippen molar-refractivity contribution in [3.05, 3.63) is 52.5 Å². The largest absolute Gasteiger partial charge is 0.506 e. The Bertz CT molecular complexity index is 760. The van der Waals surface area contributed by atoms with Crippen molar-refractivity contribution in [2.75, 3.05) is 37.9 Å². The van der Waals surface area contributed by atoms with Crippen molar-refractivity contribution in [2.45, 2.75) is 13.2 Å². The summed E-state index contributed by atoms with van der Waals surface area (Å²) in [5.74, 6) is 1.29. The minimum Gasteiger partial charge on any atom is -0.506 e. The molecule has 0 atom stereocenters. The minimum absolute atomic E-state index is 0.304. The first-order valence-corrected chi connectivity index (χ1v) is 8.97. The predicted octanol–water partition coefficient (Wildman–Crippen LogP) is 1.82. The number of anilines is 1. The SMILES string of the molecule is Oc1ccccc1N1CC[NH+](Cc2cc(Cl)cc3c2OCOC3)CC1. The second-order valence-electron chi connectivity index (χ2n) is 6.57. The molecule has 0 spiro atoms. The van der Waals surface area contributed by atoms with Crippen LogP contribution in [0, 0.1) is 0 Å². The number of aromatic hydroxyl groups is 1. The van der Waals surface area contributed by atoms with E-state index in [0.717, 1.165) is 60.3 Å². The highest BCUT2D eigenvalue weighted by Crippen LogP contribution is 2.31. The molecular formula is C19H22ClN2O3+. The maximum absolute atomic E-state index is 10.0. The lowest BCUT2D eigenvalue weighted by Crippen LogP contribution is -3.13. The Morgan fingerprint density at radius 3 is 2.76 bits per heavy atom. The first kappa shape index (κ1) is 16.5. The van der Waals surface area contributed by atoms with Gasteiger partial charge in [0.05, 0.1) is 44.0 Å². The quantitative estimate of drug-likeness (QED) is 0.875. The summed E-state index contributed by atoms with van der Waals surface area (Å²) in [7, 11) is 0. The van der Waals surface area contributed by atoms with Gasteiger partial charge in [0, 0.05) is 10.6 Å². The van der Waals surface area contributed by atoms with Crippen molar-refractivity contribution >= 4 is 17.3 Å². The number of phenols is 1. The van der Waals surface area contributed by atoms with E-state index < -0.39 is 0 Å². The summed E-state index contributed by atoms with van der Waals surface area (Å²) in [5, 5.41) is 10.8. The number of nitrogens with zero attached hydrogens (tertiary/aromatic N) is 1. The molecule has 0 aromatic heterocycles. The Morgan fingerprint density at radius 2 is 1.96 bits per heavy atom. The molecule has 0 unspecified atom stereocenters. The van der Waals surface area contributed by atoms with Crippen LogP contribution in [0.2, 0.25) is 5.02 Å². The summed E-state index contributed by atoms with van der Waals surface area (Å²) in [5.41, 5.74) is 3.10. The first-order chi connectivity index (χ1) is 12.2. The Morgan fingerprint density at radius 1 is 1.16 bits per heavy atom. The zero-order chi connectivity index (χ0) is 17.2. The van der Waals surface area contributed by atoms with Gasteiger partial charge in [0.1, 0.15) is 18.0 Å². The summed E-state index contributed by atoms with van der Waals surface area (Å²) in [6.45, 7) is 5.59. The highest BCUT2D eigenvalue weighted by Gasteiger charge is 2.25. The van der Waals surface area contributed by atoms with Crippen molar-refractivity contribution in [2.24, 2.45) is 0 Å². The number of ether oxygens (including phenoxy) is 2. The van der Waals surface area contributed by atoms with Crippen LogP contribution in [0.5, 0.6) is 11.5 Å². The van der Waals surface area contributed by atoms with Crippen LogP contribution in [-0.2, 0) is 17.9 Å². The summed E-state index contributed by atoms with van der Waals surface area (Å²) in [6.07, 6.45) is 0. The molecular weight excluding hydrogens is 340 g/mol. The normalized spacial score (nSPS) is 17.9. The van der Waals surface area contributed by atoms with E-state index >= 15 is 0 Å². The lowest BCUT2D eigenvalue weighted by molar-refractivity contribution is -0.914. The number of phenolic OH excluding ortho intramolecular Hbond substituents is 1. The fraction of sp³-hybridized carbons (Fsp3) is 0.368. The van der Waals surface area contributed by atoms with E-state index in [1.807, 2.05) is 30.3 Å². The van der Waals surface area contributed by atoms with Crippen LogP contribution in [0.4, 0.5) is 5.69 Å². The molecule has 2 aliphatic rings. The number of hydrogen-bond donors (Lipinski definition) is 2. The zero-order valence-corrected chi connectivity index (χ0v) is 14.8. The van der Waals surface area contributed by atoms with Crippen molar-refractivity contribution in [3.63, 3.8) is 0 Å². The summed E-state index contributed by atoms with van der Waals surface area (Å²) in [6, 6.07) is 11.5. The maximum Gasteiger partial charge on any atom is 0.189 e. The molecule has 2 N–H and O–H groups in total. The van der Waals surface area contributed by atoms with Crippen LogP contribution in [0.25, 0.3) is 0 Å². The van der Waals surface area contributed by atoms with Crippen LogP contribution in [0.1, 0.15) is 11.1 Å². The van der Waals surface area contributed by atoms with Crippen molar-refractivity contribution < 1.29 is 19.5 Å². The number of halogens is 1. The number of quaternary nitrogens is 1. The third-order valence-corrected chi connectivity index (χ3v) is 5.10. The molecule has 2 aromatic rings. The molecule has 0 amide bonds. The molecule has 132 valence electrons. The molecule has 2 aliphatic heterocycles. The van der Waals surface area contributed by atoms with E-state index in [1.165, 1.54) is 4.90 Å². The lowest BCUT2D eigenvalue weighted by atomic mass is 10.1. The molecule has 0 saturated carbocycles. The van der Waals surface area contributed by atoms with Crippen LogP contribution < -0.4 is 14.5 Å². The van der Waals surface area contributed by atoms with E-state index in [0.29, 0.717) is 19.1 Å². The van der Waals surface area contributed by atoms with Gasteiger partial charge in [0.25, 0.3) is 0 Å². The molecule has 0 radical (unpaired) electrons. The second-order valence-corrected chi connectivity index (χ2v) is 7.00. The summed E-state index contributed by atoms with van der Waals surface area (Å²) in [4.78, 5) is 3.74. The van der Waals surface area contributed by atoms with Gasteiger partial charge >= 0.3 is 0 Å². The van der Waals surface area contributed by atoms with Crippen LogP contribution >= 0.6 is 11.6 Å². The Balaban J connectivity index is 1.44. The summed E-state index contributed by atoms with van der Waals surface area (Å²) < 4.78 is 11.1. The van der Waals surface area contributed by atoms with Gasteiger partial charge in [-0.25, -0.2) is 0 Å². The number of piperazine rings is 1. The van der Waals surface area contributed by atoms with Crippen LogP contribution in [-0.4, -0.2) is 38.1 Å². The number of hydrogen-bond acceptors (Lipinski definition) is 4. The lowest BCUT2D eigenvalue weighted by Gasteiger charge is -2.34. The van der Waals surface area contributed by atoms with Gasteiger partial charge in [-0.3, -0.25) is 0 Å². The topological polar surface area (TPSA) is 46.4 Å². The van der Waals surface area contributed by atoms with Gasteiger partial charge < -0.3 is 24.4 Å². The molecule has 1 saturated heterocycles. The Labute approximate surface area is 152 Å². The molecule has 6 heteroatoms.